The minimum atomic E-state index is 1.09. The Labute approximate surface area is 379 Å². The van der Waals surface area contributed by atoms with Crippen LogP contribution in [0.15, 0.2) is 261 Å². The van der Waals surface area contributed by atoms with Crippen LogP contribution in [0.3, 0.4) is 0 Å². The summed E-state index contributed by atoms with van der Waals surface area (Å²) in [4.78, 5) is 2.48. The summed E-state index contributed by atoms with van der Waals surface area (Å²) in [7, 11) is 0. The van der Waals surface area contributed by atoms with Crippen LogP contribution in [0.4, 0.5) is 17.1 Å². The first-order chi connectivity index (χ1) is 32.3. The van der Waals surface area contributed by atoms with Crippen molar-refractivity contribution in [2.45, 2.75) is 0 Å². The van der Waals surface area contributed by atoms with Gasteiger partial charge in [-0.15, -0.1) is 0 Å². The smallest absolute Gasteiger partial charge is 0.0540 e. The lowest BCUT2D eigenvalue weighted by Crippen LogP contribution is -2.11. The molecule has 12 aromatic rings. The minimum Gasteiger partial charge on any atom is -0.309 e. The normalized spacial score (nSPS) is 11.4. The van der Waals surface area contributed by atoms with Gasteiger partial charge in [-0.2, -0.15) is 0 Å². The molecule has 0 amide bonds. The molecule has 0 saturated carbocycles. The van der Waals surface area contributed by atoms with Crippen LogP contribution in [0.2, 0.25) is 0 Å². The fraction of sp³-hybridized carbons (Fsp3) is 0. The van der Waals surface area contributed by atoms with Crippen molar-refractivity contribution in [1.82, 2.24) is 0 Å². The second kappa shape index (κ2) is 16.3. The third kappa shape index (κ3) is 6.74. The Balaban J connectivity index is 1.10. The third-order valence-electron chi connectivity index (χ3n) is 13.0. The molecule has 0 aromatic heterocycles. The zero-order chi connectivity index (χ0) is 43.1. The van der Waals surface area contributed by atoms with E-state index in [0.29, 0.717) is 0 Å². The van der Waals surface area contributed by atoms with E-state index in [1.807, 2.05) is 0 Å². The lowest BCUT2D eigenvalue weighted by Gasteiger charge is -2.29. The van der Waals surface area contributed by atoms with E-state index >= 15 is 0 Å². The monoisotopic (exact) mass is 825 g/mol. The highest BCUT2D eigenvalue weighted by Crippen LogP contribution is 2.48. The Morgan fingerprint density at radius 2 is 0.585 bits per heavy atom. The molecule has 0 unspecified atom stereocenters. The van der Waals surface area contributed by atoms with Crippen LogP contribution in [0, 0.1) is 0 Å². The maximum Gasteiger partial charge on any atom is 0.0540 e. The van der Waals surface area contributed by atoms with Gasteiger partial charge in [0.1, 0.15) is 0 Å². The van der Waals surface area contributed by atoms with Gasteiger partial charge in [-0.1, -0.05) is 231 Å². The van der Waals surface area contributed by atoms with Crippen molar-refractivity contribution >= 4 is 60.2 Å². The Morgan fingerprint density at radius 1 is 0.200 bits per heavy atom. The lowest BCUT2D eigenvalue weighted by molar-refractivity contribution is 1.31. The molecule has 0 atom stereocenters. The fourth-order valence-electron chi connectivity index (χ4n) is 10.1. The number of hydrogen-bond acceptors (Lipinski definition) is 1. The van der Waals surface area contributed by atoms with E-state index in [0.717, 1.165) is 22.6 Å². The zero-order valence-electron chi connectivity index (χ0n) is 35.8. The largest absolute Gasteiger partial charge is 0.309 e. The average Bonchev–Trinajstić information content (AvgIpc) is 3.39. The van der Waals surface area contributed by atoms with Crippen LogP contribution < -0.4 is 4.90 Å². The highest BCUT2D eigenvalue weighted by molar-refractivity contribution is 6.22. The van der Waals surface area contributed by atoms with Gasteiger partial charge in [0, 0.05) is 16.5 Å². The molecule has 0 bridgehead atoms. The van der Waals surface area contributed by atoms with Crippen LogP contribution in [0.25, 0.3) is 98.7 Å². The second-order valence-electron chi connectivity index (χ2n) is 16.8. The molecule has 1 heteroatoms. The number of anilines is 3. The SMILES string of the molecule is c1ccc(-c2ccc(N(c3cccc(-c4ccc5c(c4)c(-c4ccccc4)c(-c4ccccc4)c4ccccc45)c3)c3ccc(-c4ccccc4)c4ccccc34)c3ccccc23)cc1. The van der Waals surface area contributed by atoms with Crippen LogP contribution in [-0.4, -0.2) is 0 Å². The Hall–Kier alpha value is -8.52. The standard InChI is InChI=1S/C64H43N/c1-5-20-44(21-6-1)51-38-40-61(57-33-16-13-30-53(51)57)65(62-41-39-52(45-22-7-2-8-23-45)54-31-14-17-34-58(54)62)50-29-19-28-48(42-50)49-36-37-56-55-32-15-18-35-59(55)63(46-24-9-3-10-25-46)64(60(56)43-49)47-26-11-4-12-27-47/h1-43H. The molecular weight excluding hydrogens is 783 g/mol. The Bertz CT molecular complexity index is 3570. The van der Waals surface area contributed by atoms with Gasteiger partial charge in [0.15, 0.2) is 0 Å². The van der Waals surface area contributed by atoms with Crippen LogP contribution >= 0.6 is 0 Å². The first-order valence-electron chi connectivity index (χ1n) is 22.4. The molecule has 0 N–H and O–H groups in total. The van der Waals surface area contributed by atoms with Gasteiger partial charge in [-0.05, 0) is 118 Å². The maximum atomic E-state index is 2.48. The number of fused-ring (bicyclic) bond motifs is 5. The van der Waals surface area contributed by atoms with Crippen LogP contribution in [0.1, 0.15) is 0 Å². The van der Waals surface area contributed by atoms with Gasteiger partial charge in [0.25, 0.3) is 0 Å². The van der Waals surface area contributed by atoms with Crippen molar-refractivity contribution in [1.29, 1.82) is 0 Å². The quantitative estimate of drug-likeness (QED) is 0.138. The molecule has 0 fully saturated rings. The lowest BCUT2D eigenvalue weighted by atomic mass is 9.84. The first kappa shape index (κ1) is 38.2. The van der Waals surface area contributed by atoms with Crippen molar-refractivity contribution in [3.63, 3.8) is 0 Å². The molecule has 12 rings (SSSR count). The van der Waals surface area contributed by atoms with E-state index in [-0.39, 0.29) is 0 Å². The van der Waals surface area contributed by atoms with E-state index in [4.69, 9.17) is 0 Å². The highest BCUT2D eigenvalue weighted by atomic mass is 15.1. The topological polar surface area (TPSA) is 3.24 Å². The van der Waals surface area contributed by atoms with Gasteiger partial charge in [-0.25, -0.2) is 0 Å². The van der Waals surface area contributed by atoms with Crippen LogP contribution in [0.5, 0.6) is 0 Å². The molecule has 0 radical (unpaired) electrons. The third-order valence-corrected chi connectivity index (χ3v) is 13.0. The highest BCUT2D eigenvalue weighted by Gasteiger charge is 2.22. The van der Waals surface area contributed by atoms with Crippen molar-refractivity contribution in [3.8, 4) is 55.6 Å². The molecular formula is C64H43N. The Kier molecular flexibility index (Phi) is 9.58. The van der Waals surface area contributed by atoms with E-state index in [1.165, 1.54) is 93.2 Å². The molecule has 0 heterocycles. The molecule has 0 aliphatic rings. The second-order valence-corrected chi connectivity index (χ2v) is 16.8. The van der Waals surface area contributed by atoms with E-state index < -0.39 is 0 Å². The van der Waals surface area contributed by atoms with Gasteiger partial charge < -0.3 is 4.90 Å². The van der Waals surface area contributed by atoms with Crippen LogP contribution in [-0.2, 0) is 0 Å². The summed E-state index contributed by atoms with van der Waals surface area (Å²) in [5.41, 5.74) is 15.4. The van der Waals surface area contributed by atoms with Crippen molar-refractivity contribution in [3.05, 3.63) is 261 Å². The van der Waals surface area contributed by atoms with Gasteiger partial charge in [0.05, 0.1) is 11.4 Å². The van der Waals surface area contributed by atoms with Gasteiger partial charge in [0.2, 0.25) is 0 Å². The predicted molar refractivity (Wildman–Crippen MR) is 278 cm³/mol. The summed E-state index contributed by atoms with van der Waals surface area (Å²) < 4.78 is 0. The molecule has 12 aromatic carbocycles. The van der Waals surface area contributed by atoms with Crippen molar-refractivity contribution in [2.75, 3.05) is 4.90 Å². The molecule has 0 aliphatic carbocycles. The van der Waals surface area contributed by atoms with Crippen molar-refractivity contribution in [2.24, 2.45) is 0 Å². The zero-order valence-corrected chi connectivity index (χ0v) is 35.8. The van der Waals surface area contributed by atoms with Crippen molar-refractivity contribution < 1.29 is 0 Å². The summed E-state index contributed by atoms with van der Waals surface area (Å²) >= 11 is 0. The minimum absolute atomic E-state index is 1.09. The van der Waals surface area contributed by atoms with Gasteiger partial charge in [-0.3, -0.25) is 0 Å². The first-order valence-corrected chi connectivity index (χ1v) is 22.4. The summed E-state index contributed by atoms with van der Waals surface area (Å²) in [6.45, 7) is 0. The number of benzene rings is 12. The number of nitrogens with zero attached hydrogens (tertiary/aromatic N) is 1. The van der Waals surface area contributed by atoms with E-state index in [9.17, 15) is 0 Å². The fourth-order valence-corrected chi connectivity index (χ4v) is 10.1. The number of rotatable bonds is 8. The maximum absolute atomic E-state index is 2.48. The molecule has 0 spiro atoms. The molecule has 304 valence electrons. The average molecular weight is 826 g/mol. The van der Waals surface area contributed by atoms with E-state index in [1.54, 1.807) is 0 Å². The molecule has 0 saturated heterocycles. The van der Waals surface area contributed by atoms with E-state index in [2.05, 4.69) is 266 Å². The van der Waals surface area contributed by atoms with Gasteiger partial charge >= 0.3 is 0 Å². The molecule has 1 nitrogen and oxygen atoms in total. The summed E-state index contributed by atoms with van der Waals surface area (Å²) in [6, 6.07) is 95.3. The summed E-state index contributed by atoms with van der Waals surface area (Å²) in [5.74, 6) is 0. The summed E-state index contributed by atoms with van der Waals surface area (Å²) in [6.07, 6.45) is 0. The summed E-state index contributed by atoms with van der Waals surface area (Å²) in [5, 5.41) is 9.80. The molecule has 0 aliphatic heterocycles. The molecule has 65 heavy (non-hydrogen) atoms. The Morgan fingerprint density at radius 3 is 1.11 bits per heavy atom. The number of hydrogen-bond donors (Lipinski definition) is 0. The predicted octanol–water partition coefficient (Wildman–Crippen LogP) is 18.1.